The van der Waals surface area contributed by atoms with Crippen molar-refractivity contribution in [2.45, 2.75) is 33.6 Å². The number of rotatable bonds is 7. The van der Waals surface area contributed by atoms with Gasteiger partial charge in [0.15, 0.2) is 0 Å². The second-order valence-electron chi connectivity index (χ2n) is 6.73. The minimum atomic E-state index is -0.130. The van der Waals surface area contributed by atoms with Gasteiger partial charge < -0.3 is 10.4 Å². The minimum absolute atomic E-state index is 0.111. The highest BCUT2D eigenvalue weighted by molar-refractivity contribution is 6.30. The van der Waals surface area contributed by atoms with Gasteiger partial charge in [0.1, 0.15) is 0 Å². The van der Waals surface area contributed by atoms with Gasteiger partial charge in [-0.1, -0.05) is 25.4 Å². The average Bonchev–Trinajstić information content (AvgIpc) is 2.94. The van der Waals surface area contributed by atoms with Crippen LogP contribution in [0.1, 0.15) is 42.7 Å². The standard InChI is InChI=1S/C18H24ClN3O2/c1-13-16(17(24)20-10-4-9-18(2,3)12-23)11-22(21-13)15-7-5-14(19)6-8-15/h5-8,11,23H,4,9-10,12H2,1-3H3,(H,20,24). The third kappa shape index (κ3) is 4.82. The maximum atomic E-state index is 12.3. The number of aryl methyl sites for hydroxylation is 1. The van der Waals surface area contributed by atoms with Gasteiger partial charge >= 0.3 is 0 Å². The van der Waals surface area contributed by atoms with Crippen molar-refractivity contribution in [2.24, 2.45) is 5.41 Å². The van der Waals surface area contributed by atoms with Crippen molar-refractivity contribution in [2.75, 3.05) is 13.2 Å². The Morgan fingerprint density at radius 2 is 2.00 bits per heavy atom. The van der Waals surface area contributed by atoms with Gasteiger partial charge in [0.05, 0.1) is 16.9 Å². The molecule has 0 unspecified atom stereocenters. The predicted molar refractivity (Wildman–Crippen MR) is 95.7 cm³/mol. The van der Waals surface area contributed by atoms with Gasteiger partial charge in [-0.3, -0.25) is 4.79 Å². The van der Waals surface area contributed by atoms with E-state index < -0.39 is 0 Å². The first kappa shape index (κ1) is 18.5. The molecule has 0 fully saturated rings. The van der Waals surface area contributed by atoms with E-state index in [1.54, 1.807) is 23.0 Å². The van der Waals surface area contributed by atoms with Gasteiger partial charge in [-0.05, 0) is 49.4 Å². The second kappa shape index (κ2) is 7.81. The van der Waals surface area contributed by atoms with Crippen LogP contribution in [0.5, 0.6) is 0 Å². The first-order chi connectivity index (χ1) is 11.3. The number of nitrogens with zero attached hydrogens (tertiary/aromatic N) is 2. The van der Waals surface area contributed by atoms with Gasteiger partial charge in [-0.2, -0.15) is 5.10 Å². The number of aromatic nitrogens is 2. The van der Waals surface area contributed by atoms with Crippen molar-refractivity contribution in [3.05, 3.63) is 46.7 Å². The Morgan fingerprint density at radius 3 is 2.62 bits per heavy atom. The van der Waals surface area contributed by atoms with E-state index in [1.807, 2.05) is 32.9 Å². The normalized spacial score (nSPS) is 11.5. The lowest BCUT2D eigenvalue weighted by Gasteiger charge is -2.21. The van der Waals surface area contributed by atoms with Gasteiger partial charge in [-0.15, -0.1) is 0 Å². The summed E-state index contributed by atoms with van der Waals surface area (Å²) in [5.41, 5.74) is 1.98. The summed E-state index contributed by atoms with van der Waals surface area (Å²) in [6, 6.07) is 7.29. The van der Waals surface area contributed by atoms with Crippen molar-refractivity contribution >= 4 is 17.5 Å². The fourth-order valence-electron chi connectivity index (χ4n) is 2.35. The van der Waals surface area contributed by atoms with Crippen LogP contribution < -0.4 is 5.32 Å². The van der Waals surface area contributed by atoms with Crippen LogP contribution in [0.25, 0.3) is 5.69 Å². The molecule has 2 N–H and O–H groups in total. The van der Waals surface area contributed by atoms with Crippen molar-refractivity contribution in [3.8, 4) is 5.69 Å². The molecule has 0 saturated heterocycles. The molecule has 2 rings (SSSR count). The summed E-state index contributed by atoms with van der Waals surface area (Å²) in [4.78, 5) is 12.3. The maximum absolute atomic E-state index is 12.3. The number of carbonyl (C=O) groups is 1. The number of halogens is 1. The Bertz CT molecular complexity index is 693. The molecule has 0 spiro atoms. The number of amides is 1. The molecule has 1 amide bonds. The van der Waals surface area contributed by atoms with Gasteiger partial charge in [0, 0.05) is 24.4 Å². The zero-order valence-electron chi connectivity index (χ0n) is 14.3. The van der Waals surface area contributed by atoms with E-state index in [2.05, 4.69) is 10.4 Å². The molecule has 5 nitrogen and oxygen atoms in total. The van der Waals surface area contributed by atoms with Gasteiger partial charge in [0.25, 0.3) is 5.91 Å². The highest BCUT2D eigenvalue weighted by atomic mass is 35.5. The summed E-state index contributed by atoms with van der Waals surface area (Å²) in [5, 5.41) is 17.2. The topological polar surface area (TPSA) is 67.2 Å². The maximum Gasteiger partial charge on any atom is 0.254 e. The van der Waals surface area contributed by atoms with Crippen LogP contribution in [0, 0.1) is 12.3 Å². The Morgan fingerprint density at radius 1 is 1.33 bits per heavy atom. The van der Waals surface area contributed by atoms with Crippen molar-refractivity contribution < 1.29 is 9.90 Å². The van der Waals surface area contributed by atoms with Gasteiger partial charge in [0.2, 0.25) is 0 Å². The number of aliphatic hydroxyl groups is 1. The molecule has 130 valence electrons. The Labute approximate surface area is 147 Å². The molecule has 0 aliphatic heterocycles. The molecule has 0 atom stereocenters. The summed E-state index contributed by atoms with van der Waals surface area (Å²) in [6.07, 6.45) is 3.40. The monoisotopic (exact) mass is 349 g/mol. The summed E-state index contributed by atoms with van der Waals surface area (Å²) < 4.78 is 1.68. The van der Waals surface area contributed by atoms with E-state index in [1.165, 1.54) is 0 Å². The number of aliphatic hydroxyl groups excluding tert-OH is 1. The smallest absolute Gasteiger partial charge is 0.254 e. The fourth-order valence-corrected chi connectivity index (χ4v) is 2.48. The third-order valence-corrected chi connectivity index (χ3v) is 4.23. The molecule has 1 aromatic carbocycles. The summed E-state index contributed by atoms with van der Waals surface area (Å²) in [7, 11) is 0. The van der Waals surface area contributed by atoms with E-state index >= 15 is 0 Å². The van der Waals surface area contributed by atoms with E-state index in [9.17, 15) is 9.90 Å². The molecule has 0 saturated carbocycles. The highest BCUT2D eigenvalue weighted by Gasteiger charge is 2.17. The van der Waals surface area contributed by atoms with Gasteiger partial charge in [-0.25, -0.2) is 4.68 Å². The SMILES string of the molecule is Cc1nn(-c2ccc(Cl)cc2)cc1C(=O)NCCCC(C)(C)CO. The molecule has 0 aliphatic carbocycles. The first-order valence-electron chi connectivity index (χ1n) is 8.04. The summed E-state index contributed by atoms with van der Waals surface area (Å²) >= 11 is 5.89. The fraction of sp³-hybridized carbons (Fsp3) is 0.444. The molecule has 24 heavy (non-hydrogen) atoms. The van der Waals surface area contributed by atoms with Crippen LogP contribution in [0.2, 0.25) is 5.02 Å². The molecular weight excluding hydrogens is 326 g/mol. The Kier molecular flexibility index (Phi) is 6.02. The predicted octanol–water partition coefficient (Wildman–Crippen LogP) is 3.36. The largest absolute Gasteiger partial charge is 0.396 e. The zero-order chi connectivity index (χ0) is 17.7. The average molecular weight is 350 g/mol. The Balaban J connectivity index is 1.97. The highest BCUT2D eigenvalue weighted by Crippen LogP contribution is 2.20. The number of benzene rings is 1. The molecule has 2 aromatic rings. The van der Waals surface area contributed by atoms with Crippen LogP contribution in [0.3, 0.4) is 0 Å². The molecule has 1 aromatic heterocycles. The van der Waals surface area contributed by atoms with Crippen LogP contribution >= 0.6 is 11.6 Å². The number of hydrogen-bond acceptors (Lipinski definition) is 3. The number of hydrogen-bond donors (Lipinski definition) is 2. The lowest BCUT2D eigenvalue weighted by atomic mass is 9.89. The lowest BCUT2D eigenvalue weighted by Crippen LogP contribution is -2.26. The molecule has 1 heterocycles. The molecule has 0 aliphatic rings. The molecule has 0 bridgehead atoms. The summed E-state index contributed by atoms with van der Waals surface area (Å²) in [5.74, 6) is -0.130. The van der Waals surface area contributed by atoms with E-state index in [0.29, 0.717) is 22.8 Å². The van der Waals surface area contributed by atoms with E-state index in [0.717, 1.165) is 18.5 Å². The van der Waals surface area contributed by atoms with Crippen LogP contribution in [-0.4, -0.2) is 33.9 Å². The van der Waals surface area contributed by atoms with Crippen molar-refractivity contribution in [1.29, 1.82) is 0 Å². The first-order valence-corrected chi connectivity index (χ1v) is 8.41. The van der Waals surface area contributed by atoms with Crippen LogP contribution in [0.4, 0.5) is 0 Å². The quantitative estimate of drug-likeness (QED) is 0.753. The Hall–Kier alpha value is -1.85. The van der Waals surface area contributed by atoms with E-state index in [4.69, 9.17) is 11.6 Å². The third-order valence-electron chi connectivity index (χ3n) is 3.98. The molecule has 0 radical (unpaired) electrons. The zero-order valence-corrected chi connectivity index (χ0v) is 15.1. The summed E-state index contributed by atoms with van der Waals surface area (Å²) in [6.45, 7) is 6.56. The van der Waals surface area contributed by atoms with Crippen LogP contribution in [-0.2, 0) is 0 Å². The van der Waals surface area contributed by atoms with Crippen LogP contribution in [0.15, 0.2) is 30.5 Å². The van der Waals surface area contributed by atoms with Crippen molar-refractivity contribution in [1.82, 2.24) is 15.1 Å². The second-order valence-corrected chi connectivity index (χ2v) is 7.17. The van der Waals surface area contributed by atoms with Crippen molar-refractivity contribution in [3.63, 3.8) is 0 Å². The number of nitrogens with one attached hydrogen (secondary N) is 1. The van der Waals surface area contributed by atoms with E-state index in [-0.39, 0.29) is 17.9 Å². The lowest BCUT2D eigenvalue weighted by molar-refractivity contribution is 0.0948. The minimum Gasteiger partial charge on any atom is -0.396 e. The molecule has 6 heteroatoms. The molecular formula is C18H24ClN3O2. The number of carbonyl (C=O) groups excluding carboxylic acids is 1.